The van der Waals surface area contributed by atoms with E-state index >= 15 is 0 Å². The van der Waals surface area contributed by atoms with Gasteiger partial charge in [-0.3, -0.25) is 14.3 Å². The first-order chi connectivity index (χ1) is 11.3. The first kappa shape index (κ1) is 17.0. The van der Waals surface area contributed by atoms with Crippen LogP contribution in [0.5, 0.6) is 0 Å². The van der Waals surface area contributed by atoms with Crippen LogP contribution in [-0.2, 0) is 22.6 Å². The summed E-state index contributed by atoms with van der Waals surface area (Å²) in [6, 6.07) is 0. The number of hydrogen-bond acceptors (Lipinski definition) is 3. The Balaban J connectivity index is 1.71. The number of aryl methyl sites for hydroxylation is 1. The SMILES string of the molecule is CC(=O)NCCn1cc2c(n1)[C@H]1CN(C(=O)C(C)(C)C)C[C@H]1CC2. The minimum atomic E-state index is -0.325. The van der Waals surface area contributed by atoms with E-state index in [0.717, 1.165) is 25.9 Å². The largest absolute Gasteiger partial charge is 0.354 e. The van der Waals surface area contributed by atoms with Crippen LogP contribution in [0.1, 0.15) is 51.3 Å². The van der Waals surface area contributed by atoms with Crippen LogP contribution in [0.15, 0.2) is 6.20 Å². The lowest BCUT2D eigenvalue weighted by Crippen LogP contribution is -2.38. The van der Waals surface area contributed by atoms with Crippen LogP contribution in [0, 0.1) is 11.3 Å². The Bertz CT molecular complexity index is 644. The Hall–Kier alpha value is -1.85. The average molecular weight is 332 g/mol. The Morgan fingerprint density at radius 3 is 2.75 bits per heavy atom. The zero-order valence-electron chi connectivity index (χ0n) is 15.1. The molecule has 1 aromatic rings. The first-order valence-corrected chi connectivity index (χ1v) is 8.85. The lowest BCUT2D eigenvalue weighted by atomic mass is 9.81. The van der Waals surface area contributed by atoms with Crippen LogP contribution in [0.3, 0.4) is 0 Å². The Labute approximate surface area is 143 Å². The number of rotatable bonds is 3. The van der Waals surface area contributed by atoms with Gasteiger partial charge in [0.25, 0.3) is 0 Å². The molecular formula is C18H28N4O2. The molecular weight excluding hydrogens is 304 g/mol. The molecule has 1 saturated heterocycles. The van der Waals surface area contributed by atoms with E-state index in [4.69, 9.17) is 5.10 Å². The molecule has 1 aliphatic carbocycles. The summed E-state index contributed by atoms with van der Waals surface area (Å²) >= 11 is 0. The number of carbonyl (C=O) groups is 2. The third kappa shape index (κ3) is 3.32. The van der Waals surface area contributed by atoms with E-state index < -0.39 is 0 Å². The van der Waals surface area contributed by atoms with Crippen LogP contribution >= 0.6 is 0 Å². The van der Waals surface area contributed by atoms with Crippen LogP contribution in [-0.4, -0.2) is 46.1 Å². The number of hydrogen-bond donors (Lipinski definition) is 1. The van der Waals surface area contributed by atoms with Crippen LogP contribution < -0.4 is 5.32 Å². The number of amides is 2. The molecule has 0 radical (unpaired) electrons. The van der Waals surface area contributed by atoms with E-state index in [1.165, 1.54) is 18.2 Å². The van der Waals surface area contributed by atoms with E-state index in [1.54, 1.807) is 0 Å². The number of fused-ring (bicyclic) bond motifs is 3. The van der Waals surface area contributed by atoms with Gasteiger partial charge in [0, 0.05) is 44.1 Å². The standard InChI is InChI=1S/C18H28N4O2/c1-12(23)19-7-8-22-10-14-6-5-13-9-21(17(24)18(2,3)4)11-15(13)16(14)20-22/h10,13,15H,5-9,11H2,1-4H3,(H,19,23)/t13-,15+/m1/s1. The maximum atomic E-state index is 12.6. The summed E-state index contributed by atoms with van der Waals surface area (Å²) < 4.78 is 1.94. The highest BCUT2D eigenvalue weighted by molar-refractivity contribution is 5.82. The fraction of sp³-hybridized carbons (Fsp3) is 0.722. The smallest absolute Gasteiger partial charge is 0.227 e. The Kier molecular flexibility index (Phi) is 4.40. The van der Waals surface area contributed by atoms with Gasteiger partial charge in [0.05, 0.1) is 12.2 Å². The van der Waals surface area contributed by atoms with Crippen molar-refractivity contribution in [3.05, 3.63) is 17.5 Å². The molecule has 3 rings (SSSR count). The van der Waals surface area contributed by atoms with Gasteiger partial charge in [-0.2, -0.15) is 5.10 Å². The molecule has 1 fully saturated rings. The molecule has 1 N–H and O–H groups in total. The van der Waals surface area contributed by atoms with Crippen molar-refractivity contribution in [3.63, 3.8) is 0 Å². The predicted octanol–water partition coefficient (Wildman–Crippen LogP) is 1.55. The van der Waals surface area contributed by atoms with Crippen molar-refractivity contribution in [2.45, 2.75) is 53.0 Å². The first-order valence-electron chi connectivity index (χ1n) is 8.85. The third-order valence-corrected chi connectivity index (χ3v) is 5.09. The molecule has 132 valence electrons. The number of carbonyl (C=O) groups excluding carboxylic acids is 2. The summed E-state index contributed by atoms with van der Waals surface area (Å²) in [6.07, 6.45) is 4.28. The zero-order valence-corrected chi connectivity index (χ0v) is 15.1. The van der Waals surface area contributed by atoms with Crippen molar-refractivity contribution in [1.29, 1.82) is 0 Å². The Morgan fingerprint density at radius 1 is 1.33 bits per heavy atom. The van der Waals surface area contributed by atoms with E-state index in [2.05, 4.69) is 11.5 Å². The highest BCUT2D eigenvalue weighted by Crippen LogP contribution is 2.41. The minimum absolute atomic E-state index is 0.0147. The van der Waals surface area contributed by atoms with E-state index in [-0.39, 0.29) is 17.2 Å². The van der Waals surface area contributed by atoms with Gasteiger partial charge in [-0.05, 0) is 24.3 Å². The fourth-order valence-electron chi connectivity index (χ4n) is 3.90. The molecule has 1 aliphatic heterocycles. The average Bonchev–Trinajstić information content (AvgIpc) is 3.07. The molecule has 0 unspecified atom stereocenters. The van der Waals surface area contributed by atoms with Gasteiger partial charge < -0.3 is 10.2 Å². The highest BCUT2D eigenvalue weighted by atomic mass is 16.2. The monoisotopic (exact) mass is 332 g/mol. The summed E-state index contributed by atoms with van der Waals surface area (Å²) in [6.45, 7) is 10.4. The lowest BCUT2D eigenvalue weighted by Gasteiger charge is -2.25. The highest BCUT2D eigenvalue weighted by Gasteiger charge is 2.42. The maximum Gasteiger partial charge on any atom is 0.227 e. The van der Waals surface area contributed by atoms with E-state index in [9.17, 15) is 9.59 Å². The molecule has 2 amide bonds. The van der Waals surface area contributed by atoms with Crippen molar-refractivity contribution in [1.82, 2.24) is 20.0 Å². The van der Waals surface area contributed by atoms with Crippen molar-refractivity contribution in [2.24, 2.45) is 11.3 Å². The normalized spacial score (nSPS) is 22.9. The molecule has 0 saturated carbocycles. The van der Waals surface area contributed by atoms with E-state index in [1.807, 2.05) is 30.4 Å². The topological polar surface area (TPSA) is 67.2 Å². The third-order valence-electron chi connectivity index (χ3n) is 5.09. The van der Waals surface area contributed by atoms with Crippen molar-refractivity contribution < 1.29 is 9.59 Å². The summed E-state index contributed by atoms with van der Waals surface area (Å²) in [7, 11) is 0. The second kappa shape index (κ2) is 6.22. The van der Waals surface area contributed by atoms with Crippen molar-refractivity contribution in [2.75, 3.05) is 19.6 Å². The molecule has 0 aromatic carbocycles. The molecule has 2 heterocycles. The second-order valence-corrected chi connectivity index (χ2v) is 8.15. The van der Waals surface area contributed by atoms with Gasteiger partial charge in [0.1, 0.15) is 0 Å². The number of likely N-dealkylation sites (tertiary alicyclic amines) is 1. The minimum Gasteiger partial charge on any atom is -0.354 e. The van der Waals surface area contributed by atoms with Gasteiger partial charge in [-0.25, -0.2) is 0 Å². The zero-order chi connectivity index (χ0) is 17.5. The maximum absolute atomic E-state index is 12.6. The van der Waals surface area contributed by atoms with Crippen LogP contribution in [0.4, 0.5) is 0 Å². The summed E-state index contributed by atoms with van der Waals surface area (Å²) in [4.78, 5) is 25.6. The van der Waals surface area contributed by atoms with E-state index in [0.29, 0.717) is 24.9 Å². The lowest BCUT2D eigenvalue weighted by molar-refractivity contribution is -0.138. The van der Waals surface area contributed by atoms with Gasteiger partial charge in [-0.1, -0.05) is 20.8 Å². The quantitative estimate of drug-likeness (QED) is 0.913. The molecule has 1 aromatic heterocycles. The van der Waals surface area contributed by atoms with Gasteiger partial charge in [0.15, 0.2) is 0 Å². The summed E-state index contributed by atoms with van der Waals surface area (Å²) in [5, 5.41) is 7.58. The molecule has 2 atom stereocenters. The number of nitrogens with zero attached hydrogens (tertiary/aromatic N) is 3. The van der Waals surface area contributed by atoms with Gasteiger partial charge in [-0.15, -0.1) is 0 Å². The number of aromatic nitrogens is 2. The Morgan fingerprint density at radius 2 is 2.08 bits per heavy atom. The van der Waals surface area contributed by atoms with Gasteiger partial charge >= 0.3 is 0 Å². The fourth-order valence-corrected chi connectivity index (χ4v) is 3.90. The molecule has 6 nitrogen and oxygen atoms in total. The van der Waals surface area contributed by atoms with Crippen molar-refractivity contribution >= 4 is 11.8 Å². The number of nitrogens with one attached hydrogen (secondary N) is 1. The van der Waals surface area contributed by atoms with Crippen LogP contribution in [0.25, 0.3) is 0 Å². The summed E-state index contributed by atoms with van der Waals surface area (Å²) in [5.41, 5.74) is 2.15. The molecule has 6 heteroatoms. The predicted molar refractivity (Wildman–Crippen MR) is 91.5 cm³/mol. The van der Waals surface area contributed by atoms with Gasteiger partial charge in [0.2, 0.25) is 11.8 Å². The molecule has 0 bridgehead atoms. The second-order valence-electron chi connectivity index (χ2n) is 8.15. The van der Waals surface area contributed by atoms with Crippen LogP contribution in [0.2, 0.25) is 0 Å². The van der Waals surface area contributed by atoms with Crippen molar-refractivity contribution in [3.8, 4) is 0 Å². The molecule has 0 spiro atoms. The summed E-state index contributed by atoms with van der Waals surface area (Å²) in [5.74, 6) is 1.12. The molecule has 24 heavy (non-hydrogen) atoms. The molecule has 2 aliphatic rings.